The Morgan fingerprint density at radius 1 is 1.07 bits per heavy atom. The average molecular weight is 627 g/mol. The summed E-state index contributed by atoms with van der Waals surface area (Å²) in [5, 5.41) is 0. The molecule has 3 heterocycles. The van der Waals surface area contributed by atoms with Gasteiger partial charge in [0.05, 0.1) is 13.2 Å². The highest BCUT2D eigenvalue weighted by atomic mass is 31.2. The quantitative estimate of drug-likeness (QED) is 0.110. The van der Waals surface area contributed by atoms with E-state index in [9.17, 15) is 14.2 Å². The van der Waals surface area contributed by atoms with Crippen molar-refractivity contribution >= 4 is 13.8 Å². The highest BCUT2D eigenvalue weighted by Gasteiger charge is 2.63. The summed E-state index contributed by atoms with van der Waals surface area (Å²) in [6, 6.07) is 8.13. The number of aryl methyl sites for hydroxylation is 1. The molecule has 0 spiro atoms. The van der Waals surface area contributed by atoms with Gasteiger partial charge in [-0.15, -0.1) is 0 Å². The fourth-order valence-electron chi connectivity index (χ4n) is 5.12. The van der Waals surface area contributed by atoms with Crippen molar-refractivity contribution in [2.24, 2.45) is 0 Å². The topological polar surface area (TPSA) is 115 Å². The van der Waals surface area contributed by atoms with E-state index in [4.69, 9.17) is 23.0 Å². The van der Waals surface area contributed by atoms with Gasteiger partial charge in [0.25, 0.3) is 0 Å². The number of halogens is 2. The van der Waals surface area contributed by atoms with Gasteiger partial charge >= 0.3 is 25.4 Å². The minimum atomic E-state index is -4.19. The van der Waals surface area contributed by atoms with Crippen LogP contribution in [0.3, 0.4) is 0 Å². The second-order valence-electron chi connectivity index (χ2n) is 11.0. The lowest BCUT2D eigenvalue weighted by Crippen LogP contribution is -2.44. The number of rotatable bonds is 16. The molecule has 0 aliphatic carbocycles. The molecule has 43 heavy (non-hydrogen) atoms. The number of alkyl halides is 2. The molecule has 0 bridgehead atoms. The molecule has 4 atom stereocenters. The molecule has 2 aliphatic heterocycles. The molecule has 10 nitrogen and oxygen atoms in total. The molecule has 13 heteroatoms. The number of carbonyl (C=O) groups excluding carboxylic acids is 1. The van der Waals surface area contributed by atoms with E-state index >= 15 is 8.78 Å². The van der Waals surface area contributed by atoms with E-state index in [2.05, 4.69) is 11.9 Å². The summed E-state index contributed by atoms with van der Waals surface area (Å²) < 4.78 is 72.2. The van der Waals surface area contributed by atoms with Crippen LogP contribution in [0.4, 0.5) is 8.78 Å². The minimum absolute atomic E-state index is 0.0468. The number of hydrogen-bond donors (Lipinski definition) is 0. The van der Waals surface area contributed by atoms with Gasteiger partial charge in [0.2, 0.25) is 6.23 Å². The summed E-state index contributed by atoms with van der Waals surface area (Å²) in [6.45, 7) is 2.95. The molecule has 4 rings (SSSR count). The monoisotopic (exact) mass is 626 g/mol. The zero-order chi connectivity index (χ0) is 30.9. The van der Waals surface area contributed by atoms with Crippen LogP contribution in [0.2, 0.25) is 0 Å². The number of phosphoric acid groups is 1. The summed E-state index contributed by atoms with van der Waals surface area (Å²) in [5.74, 6) is -4.37. The summed E-state index contributed by atoms with van der Waals surface area (Å²) >= 11 is 0. The van der Waals surface area contributed by atoms with Crippen molar-refractivity contribution in [2.75, 3.05) is 6.61 Å². The van der Waals surface area contributed by atoms with Crippen LogP contribution in [0.15, 0.2) is 41.3 Å². The molecule has 0 N–H and O–H groups in total. The number of unbranched alkanes of at least 4 members (excludes halogenated alkanes) is 9. The molecule has 1 fully saturated rings. The van der Waals surface area contributed by atoms with Gasteiger partial charge in [-0.05, 0) is 25.5 Å². The van der Waals surface area contributed by atoms with Crippen LogP contribution in [-0.4, -0.2) is 40.3 Å². The standard InChI is InChI=1S/C30H41F2N2O8P/c1-3-4-5-6-7-8-9-10-11-12-17-26(35)41-27-25(21-39-43(37)38-20-23-15-13-14-16-24(23)42-43)40-28(30(27,31)32)34-19-18-22(2)33-29(34)36/h13-16,18-19,25,27-28H,3-12,17,20-21H2,1-2H3/t25-,27?,28-,43?/m1/s1. The Bertz CT molecular complexity index is 1320. The first-order valence-electron chi connectivity index (χ1n) is 15.1. The number of aromatic nitrogens is 2. The van der Waals surface area contributed by atoms with Gasteiger partial charge in [0.15, 0.2) is 6.10 Å². The van der Waals surface area contributed by atoms with Crippen molar-refractivity contribution in [1.29, 1.82) is 0 Å². The SMILES string of the molecule is CCCCCCCCCCCCC(=O)OC1[C@@H](COP2(=O)OCc3ccccc3O2)O[C@@H](n2ccc(C)nc2=O)C1(F)F. The maximum absolute atomic E-state index is 15.8. The summed E-state index contributed by atoms with van der Waals surface area (Å²) in [4.78, 5) is 28.9. The highest BCUT2D eigenvalue weighted by Crippen LogP contribution is 2.55. The first-order valence-corrected chi connectivity index (χ1v) is 16.5. The fourth-order valence-corrected chi connectivity index (χ4v) is 6.34. The van der Waals surface area contributed by atoms with Gasteiger partial charge in [-0.2, -0.15) is 13.8 Å². The first kappa shape index (κ1) is 33.2. The molecule has 2 aliphatic rings. The molecule has 0 saturated carbocycles. The third kappa shape index (κ3) is 8.94. The fraction of sp³-hybridized carbons (Fsp3) is 0.633. The lowest BCUT2D eigenvalue weighted by atomic mass is 10.1. The van der Waals surface area contributed by atoms with E-state index in [1.807, 2.05) is 0 Å². The van der Waals surface area contributed by atoms with Gasteiger partial charge < -0.3 is 14.0 Å². The van der Waals surface area contributed by atoms with Crippen LogP contribution in [0.25, 0.3) is 0 Å². The Morgan fingerprint density at radius 3 is 2.44 bits per heavy atom. The third-order valence-electron chi connectivity index (χ3n) is 7.52. The van der Waals surface area contributed by atoms with Crippen LogP contribution in [-0.2, 0) is 34.5 Å². The van der Waals surface area contributed by atoms with E-state index < -0.39 is 50.4 Å². The predicted molar refractivity (Wildman–Crippen MR) is 154 cm³/mol. The molecule has 2 aromatic rings. The molecule has 238 valence electrons. The third-order valence-corrected chi connectivity index (χ3v) is 8.85. The number of phosphoric ester groups is 1. The Morgan fingerprint density at radius 2 is 1.74 bits per heavy atom. The van der Waals surface area contributed by atoms with Crippen molar-refractivity contribution in [2.45, 2.75) is 115 Å². The zero-order valence-electron chi connectivity index (χ0n) is 24.8. The number of ether oxygens (including phenoxy) is 2. The Kier molecular flexibility index (Phi) is 11.9. The van der Waals surface area contributed by atoms with Gasteiger partial charge in [-0.3, -0.25) is 18.4 Å². The number of carbonyl (C=O) groups is 1. The smallest absolute Gasteiger partial charge is 0.453 e. The number of fused-ring (bicyclic) bond motifs is 1. The Hall–Kier alpha value is -2.66. The maximum atomic E-state index is 15.8. The lowest BCUT2D eigenvalue weighted by Gasteiger charge is -2.27. The zero-order valence-corrected chi connectivity index (χ0v) is 25.6. The van der Waals surface area contributed by atoms with E-state index in [-0.39, 0.29) is 18.8 Å². The lowest BCUT2D eigenvalue weighted by molar-refractivity contribution is -0.176. The summed E-state index contributed by atoms with van der Waals surface area (Å²) in [5.41, 5.74) is 0.0308. The first-order chi connectivity index (χ1) is 20.6. The number of para-hydroxylation sites is 1. The van der Waals surface area contributed by atoms with Crippen LogP contribution < -0.4 is 10.2 Å². The van der Waals surface area contributed by atoms with Crippen LogP contribution >= 0.6 is 7.82 Å². The number of hydrogen-bond acceptors (Lipinski definition) is 9. The van der Waals surface area contributed by atoms with E-state index in [0.717, 1.165) is 31.9 Å². The van der Waals surface area contributed by atoms with E-state index in [1.165, 1.54) is 38.2 Å². The van der Waals surface area contributed by atoms with Crippen LogP contribution in [0.5, 0.6) is 5.75 Å². The Balaban J connectivity index is 1.37. The number of benzene rings is 1. The predicted octanol–water partition coefficient (Wildman–Crippen LogP) is 7.04. The Labute approximate surface area is 250 Å². The van der Waals surface area contributed by atoms with Crippen molar-refractivity contribution in [3.8, 4) is 5.75 Å². The van der Waals surface area contributed by atoms with Crippen molar-refractivity contribution in [3.63, 3.8) is 0 Å². The minimum Gasteiger partial charge on any atom is -0.453 e. The molecule has 1 aromatic heterocycles. The summed E-state index contributed by atoms with van der Waals surface area (Å²) in [6.07, 6.45) is 5.83. The second-order valence-corrected chi connectivity index (χ2v) is 12.6. The normalized spacial score (nSPS) is 24.3. The molecule has 1 aromatic carbocycles. The molecule has 1 saturated heterocycles. The molecule has 0 amide bonds. The van der Waals surface area contributed by atoms with Crippen molar-refractivity contribution in [3.05, 3.63) is 58.3 Å². The number of nitrogens with zero attached hydrogens (tertiary/aromatic N) is 2. The second kappa shape index (κ2) is 15.4. The van der Waals surface area contributed by atoms with Crippen molar-refractivity contribution < 1.29 is 41.2 Å². The van der Waals surface area contributed by atoms with E-state index in [0.29, 0.717) is 22.2 Å². The van der Waals surface area contributed by atoms with Gasteiger partial charge in [-0.25, -0.2) is 9.36 Å². The number of esters is 1. The van der Waals surface area contributed by atoms with Crippen molar-refractivity contribution in [1.82, 2.24) is 9.55 Å². The molecular weight excluding hydrogens is 585 g/mol. The molecule has 0 radical (unpaired) electrons. The van der Waals surface area contributed by atoms with Crippen LogP contribution in [0, 0.1) is 6.92 Å². The molecule has 2 unspecified atom stereocenters. The average Bonchev–Trinajstić information content (AvgIpc) is 3.21. The largest absolute Gasteiger partial charge is 0.530 e. The van der Waals surface area contributed by atoms with Gasteiger partial charge in [-0.1, -0.05) is 82.9 Å². The van der Waals surface area contributed by atoms with Crippen LogP contribution in [0.1, 0.15) is 95.0 Å². The van der Waals surface area contributed by atoms with E-state index in [1.54, 1.807) is 31.2 Å². The maximum Gasteiger partial charge on any atom is 0.530 e. The summed E-state index contributed by atoms with van der Waals surface area (Å²) in [7, 11) is -4.19. The van der Waals surface area contributed by atoms with Gasteiger partial charge in [0.1, 0.15) is 11.9 Å². The molecular formula is C30H41F2N2O8P. The van der Waals surface area contributed by atoms with Gasteiger partial charge in [0, 0.05) is 23.9 Å². The highest BCUT2D eigenvalue weighted by molar-refractivity contribution is 7.49.